The van der Waals surface area contributed by atoms with Crippen molar-refractivity contribution in [3.05, 3.63) is 22.7 Å². The molecule has 16 heavy (non-hydrogen) atoms. The summed E-state index contributed by atoms with van der Waals surface area (Å²) in [6, 6.07) is 6.67. The summed E-state index contributed by atoms with van der Waals surface area (Å²) < 4.78 is 6.26. The number of methoxy groups -OCH3 is 1. The Bertz CT molecular complexity index is 328. The number of rotatable bonds is 6. The number of ether oxygens (including phenoxy) is 1. The van der Waals surface area contributed by atoms with Gasteiger partial charge in [0, 0.05) is 17.8 Å². The lowest BCUT2D eigenvalue weighted by molar-refractivity contribution is 0.412. The second-order valence-electron chi connectivity index (χ2n) is 3.89. The van der Waals surface area contributed by atoms with Crippen molar-refractivity contribution in [2.45, 2.75) is 39.2 Å². The zero-order valence-corrected chi connectivity index (χ0v) is 11.8. The lowest BCUT2D eigenvalue weighted by Gasteiger charge is -2.18. The van der Waals surface area contributed by atoms with Gasteiger partial charge in [-0.2, -0.15) is 0 Å². The van der Waals surface area contributed by atoms with Gasteiger partial charge in [-0.3, -0.25) is 0 Å². The minimum atomic E-state index is 0.552. The van der Waals surface area contributed by atoms with Crippen molar-refractivity contribution < 1.29 is 4.74 Å². The van der Waals surface area contributed by atoms with Crippen LogP contribution in [0.1, 0.15) is 33.1 Å². The molecule has 90 valence electrons. The maximum atomic E-state index is 5.27. The summed E-state index contributed by atoms with van der Waals surface area (Å²) in [6.07, 6.45) is 3.56. The SMILES string of the molecule is CCCC(CC)Nc1ccc(Br)c(OC)c1. The maximum absolute atomic E-state index is 5.27. The first kappa shape index (κ1) is 13.4. The molecule has 1 N–H and O–H groups in total. The van der Waals surface area contributed by atoms with Gasteiger partial charge in [0.15, 0.2) is 0 Å². The average molecular weight is 286 g/mol. The Hall–Kier alpha value is -0.700. The van der Waals surface area contributed by atoms with Crippen LogP contribution in [0.2, 0.25) is 0 Å². The predicted molar refractivity (Wildman–Crippen MR) is 73.3 cm³/mol. The first-order valence-corrected chi connectivity index (χ1v) is 6.60. The Kier molecular flexibility index (Phi) is 5.67. The van der Waals surface area contributed by atoms with Gasteiger partial charge in [-0.1, -0.05) is 20.3 Å². The molecule has 0 spiro atoms. The van der Waals surface area contributed by atoms with Crippen molar-refractivity contribution in [3.8, 4) is 5.75 Å². The van der Waals surface area contributed by atoms with Crippen LogP contribution >= 0.6 is 15.9 Å². The van der Waals surface area contributed by atoms with Crippen molar-refractivity contribution in [1.29, 1.82) is 0 Å². The molecule has 0 saturated heterocycles. The minimum absolute atomic E-state index is 0.552. The van der Waals surface area contributed by atoms with E-state index in [1.165, 1.54) is 12.8 Å². The summed E-state index contributed by atoms with van der Waals surface area (Å²) in [6.45, 7) is 4.43. The second-order valence-corrected chi connectivity index (χ2v) is 4.74. The summed E-state index contributed by atoms with van der Waals surface area (Å²) >= 11 is 3.45. The van der Waals surface area contributed by atoms with Crippen molar-refractivity contribution in [3.63, 3.8) is 0 Å². The van der Waals surface area contributed by atoms with Gasteiger partial charge in [0.1, 0.15) is 5.75 Å². The molecular formula is C13H20BrNO. The summed E-state index contributed by atoms with van der Waals surface area (Å²) in [4.78, 5) is 0. The van der Waals surface area contributed by atoms with Crippen LogP contribution in [0.3, 0.4) is 0 Å². The minimum Gasteiger partial charge on any atom is -0.495 e. The Morgan fingerprint density at radius 1 is 1.38 bits per heavy atom. The van der Waals surface area contributed by atoms with E-state index in [9.17, 15) is 0 Å². The van der Waals surface area contributed by atoms with Gasteiger partial charge in [-0.15, -0.1) is 0 Å². The molecule has 3 heteroatoms. The number of anilines is 1. The van der Waals surface area contributed by atoms with Crippen LogP contribution in [0.4, 0.5) is 5.69 Å². The molecule has 0 saturated carbocycles. The highest BCUT2D eigenvalue weighted by Crippen LogP contribution is 2.28. The third-order valence-corrected chi connectivity index (χ3v) is 3.31. The molecule has 0 aliphatic carbocycles. The predicted octanol–water partition coefficient (Wildman–Crippen LogP) is 4.45. The van der Waals surface area contributed by atoms with E-state index >= 15 is 0 Å². The number of hydrogen-bond donors (Lipinski definition) is 1. The fourth-order valence-corrected chi connectivity index (χ4v) is 2.12. The molecule has 0 bridgehead atoms. The highest BCUT2D eigenvalue weighted by Gasteiger charge is 2.06. The molecule has 0 aromatic heterocycles. The molecule has 0 amide bonds. The summed E-state index contributed by atoms with van der Waals surface area (Å²) in [7, 11) is 1.69. The van der Waals surface area contributed by atoms with Crippen molar-refractivity contribution >= 4 is 21.6 Å². The van der Waals surface area contributed by atoms with Crippen LogP contribution in [0, 0.1) is 0 Å². The molecule has 1 aromatic carbocycles. The molecule has 0 radical (unpaired) electrons. The quantitative estimate of drug-likeness (QED) is 0.834. The normalized spacial score (nSPS) is 12.2. The highest BCUT2D eigenvalue weighted by atomic mass is 79.9. The Morgan fingerprint density at radius 3 is 2.69 bits per heavy atom. The standard InChI is InChI=1S/C13H20BrNO/c1-4-6-10(5-2)15-11-7-8-12(14)13(9-11)16-3/h7-10,15H,4-6H2,1-3H3. The van der Waals surface area contributed by atoms with Crippen molar-refractivity contribution in [2.75, 3.05) is 12.4 Å². The average Bonchev–Trinajstić information content (AvgIpc) is 2.30. The second kappa shape index (κ2) is 6.79. The smallest absolute Gasteiger partial charge is 0.135 e. The van der Waals surface area contributed by atoms with E-state index in [1.54, 1.807) is 7.11 Å². The number of halogens is 1. The van der Waals surface area contributed by atoms with Gasteiger partial charge >= 0.3 is 0 Å². The summed E-state index contributed by atoms with van der Waals surface area (Å²) in [5, 5.41) is 3.53. The van der Waals surface area contributed by atoms with Gasteiger partial charge in [-0.25, -0.2) is 0 Å². The van der Waals surface area contributed by atoms with Gasteiger partial charge < -0.3 is 10.1 Å². The monoisotopic (exact) mass is 285 g/mol. The van der Waals surface area contributed by atoms with E-state index in [0.29, 0.717) is 6.04 Å². The lowest BCUT2D eigenvalue weighted by atomic mass is 10.1. The van der Waals surface area contributed by atoms with Crippen LogP contribution in [0.5, 0.6) is 5.75 Å². The number of benzene rings is 1. The molecule has 0 heterocycles. The molecule has 1 atom stereocenters. The molecule has 2 nitrogen and oxygen atoms in total. The first-order chi connectivity index (χ1) is 7.71. The van der Waals surface area contributed by atoms with Gasteiger partial charge in [0.05, 0.1) is 11.6 Å². The molecule has 1 aromatic rings. The van der Waals surface area contributed by atoms with E-state index < -0.39 is 0 Å². The van der Waals surface area contributed by atoms with E-state index in [-0.39, 0.29) is 0 Å². The van der Waals surface area contributed by atoms with E-state index in [0.717, 1.165) is 22.3 Å². The van der Waals surface area contributed by atoms with Crippen LogP contribution in [-0.2, 0) is 0 Å². The fourth-order valence-electron chi connectivity index (χ4n) is 1.71. The number of hydrogen-bond acceptors (Lipinski definition) is 2. The van der Waals surface area contributed by atoms with Crippen molar-refractivity contribution in [1.82, 2.24) is 0 Å². The summed E-state index contributed by atoms with van der Waals surface area (Å²) in [5.41, 5.74) is 1.13. The van der Waals surface area contributed by atoms with Gasteiger partial charge in [0.2, 0.25) is 0 Å². The Morgan fingerprint density at radius 2 is 2.12 bits per heavy atom. The van der Waals surface area contributed by atoms with Crippen LogP contribution in [0.15, 0.2) is 22.7 Å². The van der Waals surface area contributed by atoms with E-state index in [4.69, 9.17) is 4.74 Å². The van der Waals surface area contributed by atoms with Crippen LogP contribution in [-0.4, -0.2) is 13.2 Å². The lowest BCUT2D eigenvalue weighted by Crippen LogP contribution is -2.17. The van der Waals surface area contributed by atoms with Crippen LogP contribution < -0.4 is 10.1 Å². The Labute approximate surface area is 107 Å². The highest BCUT2D eigenvalue weighted by molar-refractivity contribution is 9.10. The number of nitrogens with one attached hydrogen (secondary N) is 1. The third kappa shape index (κ3) is 3.71. The Balaban J connectivity index is 2.72. The van der Waals surface area contributed by atoms with Crippen LogP contribution in [0.25, 0.3) is 0 Å². The topological polar surface area (TPSA) is 21.3 Å². The van der Waals surface area contributed by atoms with Gasteiger partial charge in [-0.05, 0) is 40.9 Å². The maximum Gasteiger partial charge on any atom is 0.135 e. The zero-order valence-electron chi connectivity index (χ0n) is 10.2. The largest absolute Gasteiger partial charge is 0.495 e. The molecule has 0 fully saturated rings. The molecule has 1 unspecified atom stereocenters. The van der Waals surface area contributed by atoms with E-state index in [2.05, 4.69) is 41.2 Å². The van der Waals surface area contributed by atoms with Gasteiger partial charge in [0.25, 0.3) is 0 Å². The molecule has 0 aliphatic heterocycles. The fraction of sp³-hybridized carbons (Fsp3) is 0.538. The summed E-state index contributed by atoms with van der Waals surface area (Å²) in [5.74, 6) is 0.872. The van der Waals surface area contributed by atoms with Crippen molar-refractivity contribution in [2.24, 2.45) is 0 Å². The third-order valence-electron chi connectivity index (χ3n) is 2.65. The van der Waals surface area contributed by atoms with E-state index in [1.807, 2.05) is 12.1 Å². The molecule has 0 aliphatic rings. The molecule has 1 rings (SSSR count). The molecular weight excluding hydrogens is 266 g/mol. The first-order valence-electron chi connectivity index (χ1n) is 5.81. The zero-order chi connectivity index (χ0) is 12.0.